The van der Waals surface area contributed by atoms with Crippen LogP contribution in [0.3, 0.4) is 0 Å². The number of benzene rings is 4. The van der Waals surface area contributed by atoms with Crippen LogP contribution in [0.25, 0.3) is 44.4 Å². The number of phenolic OH excluding ortho intramolecular Hbond substituents is 1. The quantitative estimate of drug-likeness (QED) is 0.356. The third-order valence-corrected chi connectivity index (χ3v) is 5.22. The minimum atomic E-state index is -0.315. The summed E-state index contributed by atoms with van der Waals surface area (Å²) in [4.78, 5) is 4.95. The first kappa shape index (κ1) is 18.1. The van der Waals surface area contributed by atoms with E-state index in [1.807, 2.05) is 66.7 Å². The van der Waals surface area contributed by atoms with Crippen molar-refractivity contribution < 1.29 is 9.50 Å². The number of aromatic nitrogens is 1. The molecule has 0 saturated carbocycles. The molecule has 0 amide bonds. The van der Waals surface area contributed by atoms with E-state index in [0.717, 1.165) is 27.9 Å². The lowest BCUT2D eigenvalue weighted by atomic mass is 9.88. The number of aromatic hydroxyl groups is 1. The molecular weight excluding hydrogens is 373 g/mol. The van der Waals surface area contributed by atoms with Crippen molar-refractivity contribution in [1.82, 2.24) is 4.98 Å². The second kappa shape index (κ2) is 7.45. The van der Waals surface area contributed by atoms with E-state index >= 15 is 4.39 Å². The molecule has 5 aromatic rings. The number of fused-ring (bicyclic) bond motifs is 1. The number of halogens is 1. The average molecular weight is 391 g/mol. The van der Waals surface area contributed by atoms with Gasteiger partial charge < -0.3 is 5.11 Å². The van der Waals surface area contributed by atoms with E-state index in [2.05, 4.69) is 0 Å². The van der Waals surface area contributed by atoms with Crippen molar-refractivity contribution in [2.24, 2.45) is 0 Å². The monoisotopic (exact) mass is 391 g/mol. The highest BCUT2D eigenvalue weighted by Crippen LogP contribution is 2.44. The SMILES string of the molecule is Oc1ccc2nc(-c3ccccc3)c(-c3ccccc3)c(-c3ccccc3F)c2c1. The van der Waals surface area contributed by atoms with Crippen LogP contribution in [0, 0.1) is 5.82 Å². The molecular formula is C27H18FNO. The molecule has 0 spiro atoms. The third kappa shape index (κ3) is 3.11. The Bertz CT molecular complexity index is 1350. The average Bonchev–Trinajstić information content (AvgIpc) is 2.79. The molecule has 0 bridgehead atoms. The maximum absolute atomic E-state index is 15.1. The molecule has 0 saturated heterocycles. The van der Waals surface area contributed by atoms with Gasteiger partial charge in [0.25, 0.3) is 0 Å². The minimum absolute atomic E-state index is 0.119. The predicted octanol–water partition coefficient (Wildman–Crippen LogP) is 7.08. The Morgan fingerprint density at radius 1 is 0.633 bits per heavy atom. The fraction of sp³-hybridized carbons (Fsp3) is 0. The van der Waals surface area contributed by atoms with Crippen LogP contribution in [0.5, 0.6) is 5.75 Å². The first-order chi connectivity index (χ1) is 14.7. The van der Waals surface area contributed by atoms with Crippen molar-refractivity contribution in [3.05, 3.63) is 109 Å². The van der Waals surface area contributed by atoms with Crippen molar-refractivity contribution >= 4 is 10.9 Å². The molecule has 5 rings (SSSR count). The lowest BCUT2D eigenvalue weighted by Crippen LogP contribution is -1.97. The van der Waals surface area contributed by atoms with E-state index in [9.17, 15) is 5.11 Å². The topological polar surface area (TPSA) is 33.1 Å². The zero-order valence-corrected chi connectivity index (χ0v) is 16.1. The highest BCUT2D eigenvalue weighted by Gasteiger charge is 2.21. The fourth-order valence-corrected chi connectivity index (χ4v) is 3.89. The van der Waals surface area contributed by atoms with Crippen LogP contribution >= 0.6 is 0 Å². The van der Waals surface area contributed by atoms with E-state index in [-0.39, 0.29) is 11.6 Å². The largest absolute Gasteiger partial charge is 0.508 e. The number of hydrogen-bond donors (Lipinski definition) is 1. The number of pyridine rings is 1. The van der Waals surface area contributed by atoms with Gasteiger partial charge in [-0.05, 0) is 29.8 Å². The number of rotatable bonds is 3. The molecule has 0 radical (unpaired) electrons. The van der Waals surface area contributed by atoms with Crippen LogP contribution in [0.2, 0.25) is 0 Å². The molecule has 0 atom stereocenters. The maximum Gasteiger partial charge on any atom is 0.131 e. The van der Waals surface area contributed by atoms with Gasteiger partial charge in [0.2, 0.25) is 0 Å². The van der Waals surface area contributed by atoms with E-state index in [0.29, 0.717) is 16.5 Å². The summed E-state index contributed by atoms with van der Waals surface area (Å²) in [6.07, 6.45) is 0. The van der Waals surface area contributed by atoms with Crippen LogP contribution < -0.4 is 0 Å². The molecule has 0 fully saturated rings. The Morgan fingerprint density at radius 2 is 1.27 bits per heavy atom. The molecule has 30 heavy (non-hydrogen) atoms. The highest BCUT2D eigenvalue weighted by molar-refractivity contribution is 6.07. The number of hydrogen-bond acceptors (Lipinski definition) is 2. The molecule has 2 nitrogen and oxygen atoms in total. The van der Waals surface area contributed by atoms with E-state index < -0.39 is 0 Å². The Morgan fingerprint density at radius 3 is 1.97 bits per heavy atom. The summed E-state index contributed by atoms with van der Waals surface area (Å²) in [6, 6.07) is 31.6. The Hall–Kier alpha value is -3.98. The number of phenols is 1. The summed E-state index contributed by atoms with van der Waals surface area (Å²) in [5.41, 5.74) is 5.40. The summed E-state index contributed by atoms with van der Waals surface area (Å²) in [5, 5.41) is 10.9. The fourth-order valence-electron chi connectivity index (χ4n) is 3.89. The molecule has 3 heteroatoms. The summed E-state index contributed by atoms with van der Waals surface area (Å²) < 4.78 is 15.1. The van der Waals surface area contributed by atoms with Gasteiger partial charge >= 0.3 is 0 Å². The van der Waals surface area contributed by atoms with Gasteiger partial charge in [-0.15, -0.1) is 0 Å². The molecule has 1 heterocycles. The van der Waals surface area contributed by atoms with Gasteiger partial charge in [-0.1, -0.05) is 78.9 Å². The summed E-state index contributed by atoms with van der Waals surface area (Å²) in [7, 11) is 0. The molecule has 144 valence electrons. The van der Waals surface area contributed by atoms with Gasteiger partial charge in [0.1, 0.15) is 11.6 Å². The van der Waals surface area contributed by atoms with Gasteiger partial charge in [0.15, 0.2) is 0 Å². The molecule has 0 unspecified atom stereocenters. The van der Waals surface area contributed by atoms with Crippen molar-refractivity contribution in [3.63, 3.8) is 0 Å². The Balaban J connectivity index is 2.01. The second-order valence-corrected chi connectivity index (χ2v) is 7.12. The predicted molar refractivity (Wildman–Crippen MR) is 120 cm³/mol. The van der Waals surface area contributed by atoms with Gasteiger partial charge in [-0.25, -0.2) is 9.37 Å². The van der Waals surface area contributed by atoms with Crippen molar-refractivity contribution in [3.8, 4) is 39.3 Å². The third-order valence-electron chi connectivity index (χ3n) is 5.22. The Kier molecular flexibility index (Phi) is 4.49. The normalized spacial score (nSPS) is 11.0. The van der Waals surface area contributed by atoms with Gasteiger partial charge in [0, 0.05) is 27.6 Å². The van der Waals surface area contributed by atoms with Crippen molar-refractivity contribution in [2.45, 2.75) is 0 Å². The molecule has 0 aliphatic heterocycles. The molecule has 1 N–H and O–H groups in total. The summed E-state index contributed by atoms with van der Waals surface area (Å²) in [5.74, 6) is -0.196. The zero-order chi connectivity index (χ0) is 20.5. The molecule has 1 aromatic heterocycles. The van der Waals surface area contributed by atoms with Crippen LogP contribution in [0.15, 0.2) is 103 Å². The van der Waals surface area contributed by atoms with Gasteiger partial charge in [-0.2, -0.15) is 0 Å². The molecule has 0 aliphatic rings. The van der Waals surface area contributed by atoms with Crippen LogP contribution in [-0.2, 0) is 0 Å². The van der Waals surface area contributed by atoms with Gasteiger partial charge in [-0.3, -0.25) is 0 Å². The first-order valence-corrected chi connectivity index (χ1v) is 9.75. The highest BCUT2D eigenvalue weighted by atomic mass is 19.1. The second-order valence-electron chi connectivity index (χ2n) is 7.12. The van der Waals surface area contributed by atoms with Crippen molar-refractivity contribution in [2.75, 3.05) is 0 Å². The van der Waals surface area contributed by atoms with E-state index in [4.69, 9.17) is 4.98 Å². The summed E-state index contributed by atoms with van der Waals surface area (Å²) in [6.45, 7) is 0. The number of nitrogens with zero attached hydrogens (tertiary/aromatic N) is 1. The smallest absolute Gasteiger partial charge is 0.131 e. The van der Waals surface area contributed by atoms with E-state index in [1.165, 1.54) is 6.07 Å². The van der Waals surface area contributed by atoms with Crippen molar-refractivity contribution in [1.29, 1.82) is 0 Å². The standard InChI is InChI=1S/C27H18FNO/c28-23-14-8-7-13-21(23)26-22-17-20(30)15-16-24(22)29-27(19-11-5-2-6-12-19)25(26)18-9-3-1-4-10-18/h1-17,30H. The van der Waals surface area contributed by atoms with Crippen LogP contribution in [0.1, 0.15) is 0 Å². The summed E-state index contributed by atoms with van der Waals surface area (Å²) >= 11 is 0. The van der Waals surface area contributed by atoms with E-state index in [1.54, 1.807) is 30.3 Å². The van der Waals surface area contributed by atoms with Gasteiger partial charge in [0.05, 0.1) is 11.2 Å². The lowest BCUT2D eigenvalue weighted by Gasteiger charge is -2.19. The maximum atomic E-state index is 15.1. The first-order valence-electron chi connectivity index (χ1n) is 9.75. The molecule has 4 aromatic carbocycles. The lowest BCUT2D eigenvalue weighted by molar-refractivity contribution is 0.476. The van der Waals surface area contributed by atoms with Crippen LogP contribution in [-0.4, -0.2) is 10.1 Å². The Labute approximate surface area is 173 Å². The molecule has 0 aliphatic carbocycles. The zero-order valence-electron chi connectivity index (χ0n) is 16.1. The minimum Gasteiger partial charge on any atom is -0.508 e. The van der Waals surface area contributed by atoms with Crippen LogP contribution in [0.4, 0.5) is 4.39 Å².